The third-order valence-electron chi connectivity index (χ3n) is 5.23. The third-order valence-corrected chi connectivity index (χ3v) is 5.23. The highest BCUT2D eigenvalue weighted by Gasteiger charge is 2.25. The molecule has 6 heteroatoms. The van der Waals surface area contributed by atoms with E-state index in [1.165, 1.54) is 4.90 Å². The predicted octanol–water partition coefficient (Wildman–Crippen LogP) is 0.772. The summed E-state index contributed by atoms with van der Waals surface area (Å²) in [5.41, 5.74) is 2.00. The molecule has 2 aromatic carbocycles. The number of piperazine rings is 1. The molecule has 1 amide bonds. The molecule has 0 aromatic heterocycles. The number of nitrogens with one attached hydrogen (secondary N) is 1. The first kappa shape index (κ1) is 20.2. The number of phenols is 1. The quantitative estimate of drug-likeness (QED) is 0.706. The Hall–Kier alpha value is -2.57. The first-order chi connectivity index (χ1) is 13.7. The number of hydrogen-bond donors (Lipinski definition) is 2. The van der Waals surface area contributed by atoms with Crippen LogP contribution < -0.4 is 9.80 Å². The van der Waals surface area contributed by atoms with Crippen LogP contribution >= 0.6 is 0 Å². The van der Waals surface area contributed by atoms with Crippen LogP contribution in [0.15, 0.2) is 54.6 Å². The summed E-state index contributed by atoms with van der Waals surface area (Å²) in [4.78, 5) is 18.3. The van der Waals surface area contributed by atoms with E-state index in [2.05, 4.69) is 4.90 Å². The molecule has 0 aliphatic carbocycles. The molecule has 0 atom stereocenters. The van der Waals surface area contributed by atoms with Crippen molar-refractivity contribution in [1.29, 1.82) is 0 Å². The normalized spacial score (nSPS) is 14.8. The Bertz CT molecular complexity index is 746. The molecule has 150 valence electrons. The van der Waals surface area contributed by atoms with Crippen LogP contribution in [0.2, 0.25) is 0 Å². The van der Waals surface area contributed by atoms with Crippen LogP contribution in [-0.4, -0.2) is 68.9 Å². The molecule has 1 fully saturated rings. The van der Waals surface area contributed by atoms with Crippen molar-refractivity contribution >= 4 is 11.6 Å². The number of nitrogens with zero attached hydrogens (tertiary/aromatic N) is 2. The van der Waals surface area contributed by atoms with Crippen LogP contribution in [0, 0.1) is 0 Å². The molecule has 1 aliphatic heterocycles. The summed E-state index contributed by atoms with van der Waals surface area (Å²) in [5.74, 6) is 0.475. The second-order valence-electron chi connectivity index (χ2n) is 7.20. The van der Waals surface area contributed by atoms with Gasteiger partial charge in [0.05, 0.1) is 38.5 Å². The van der Waals surface area contributed by atoms with Crippen molar-refractivity contribution < 1.29 is 19.5 Å². The molecule has 3 rings (SSSR count). The summed E-state index contributed by atoms with van der Waals surface area (Å²) in [6.07, 6.45) is 0. The molecular formula is C22H30N3O3+. The molecule has 6 nitrogen and oxygen atoms in total. The fourth-order valence-electron chi connectivity index (χ4n) is 3.60. The average Bonchev–Trinajstić information content (AvgIpc) is 2.73. The molecule has 1 aliphatic rings. The number of para-hydroxylation sites is 2. The Balaban J connectivity index is 1.54. The minimum atomic E-state index is 0.159. The van der Waals surface area contributed by atoms with Gasteiger partial charge in [0, 0.05) is 20.2 Å². The highest BCUT2D eigenvalue weighted by atomic mass is 16.5. The number of rotatable bonds is 8. The van der Waals surface area contributed by atoms with Crippen LogP contribution in [-0.2, 0) is 16.1 Å². The minimum Gasteiger partial charge on any atom is -0.506 e. The van der Waals surface area contributed by atoms with Gasteiger partial charge in [-0.05, 0) is 17.7 Å². The van der Waals surface area contributed by atoms with E-state index in [0.717, 1.165) is 37.4 Å². The number of amides is 1. The van der Waals surface area contributed by atoms with Gasteiger partial charge in [0.25, 0.3) is 5.91 Å². The number of anilines is 1. The zero-order valence-electron chi connectivity index (χ0n) is 16.5. The smallest absolute Gasteiger partial charge is 0.278 e. The summed E-state index contributed by atoms with van der Waals surface area (Å²) in [7, 11) is 1.66. The molecule has 1 saturated heterocycles. The van der Waals surface area contributed by atoms with Crippen LogP contribution in [0.3, 0.4) is 0 Å². The van der Waals surface area contributed by atoms with Crippen molar-refractivity contribution in [2.75, 3.05) is 57.9 Å². The lowest BCUT2D eigenvalue weighted by Crippen LogP contribution is -3.15. The maximum absolute atomic E-state index is 12.9. The summed E-state index contributed by atoms with van der Waals surface area (Å²) in [6.45, 7) is 5.66. The highest BCUT2D eigenvalue weighted by molar-refractivity contribution is 5.77. The van der Waals surface area contributed by atoms with Gasteiger partial charge in [-0.3, -0.25) is 4.79 Å². The van der Waals surface area contributed by atoms with Gasteiger partial charge < -0.3 is 24.5 Å². The van der Waals surface area contributed by atoms with Crippen molar-refractivity contribution in [3.63, 3.8) is 0 Å². The second-order valence-corrected chi connectivity index (χ2v) is 7.20. The van der Waals surface area contributed by atoms with Gasteiger partial charge in [0.15, 0.2) is 6.54 Å². The summed E-state index contributed by atoms with van der Waals surface area (Å²) < 4.78 is 5.19. The molecule has 0 saturated carbocycles. The Morgan fingerprint density at radius 2 is 1.79 bits per heavy atom. The number of quaternary nitrogens is 1. The van der Waals surface area contributed by atoms with Crippen molar-refractivity contribution in [1.82, 2.24) is 4.90 Å². The van der Waals surface area contributed by atoms with E-state index in [1.54, 1.807) is 13.2 Å². The number of hydrogen-bond acceptors (Lipinski definition) is 4. The largest absolute Gasteiger partial charge is 0.506 e. The van der Waals surface area contributed by atoms with E-state index in [9.17, 15) is 9.90 Å². The number of benzene rings is 2. The van der Waals surface area contributed by atoms with Crippen LogP contribution in [0.25, 0.3) is 0 Å². The summed E-state index contributed by atoms with van der Waals surface area (Å²) in [6, 6.07) is 17.5. The molecule has 2 N–H and O–H groups in total. The summed E-state index contributed by atoms with van der Waals surface area (Å²) in [5, 5.41) is 10.0. The summed E-state index contributed by atoms with van der Waals surface area (Å²) >= 11 is 0. The van der Waals surface area contributed by atoms with Crippen molar-refractivity contribution in [3.8, 4) is 5.75 Å². The maximum atomic E-state index is 12.9. The van der Waals surface area contributed by atoms with E-state index in [4.69, 9.17) is 4.74 Å². The monoisotopic (exact) mass is 384 g/mol. The van der Waals surface area contributed by atoms with Crippen molar-refractivity contribution in [2.24, 2.45) is 0 Å². The van der Waals surface area contributed by atoms with Gasteiger partial charge in [-0.1, -0.05) is 42.5 Å². The topological polar surface area (TPSA) is 57.5 Å². The fourth-order valence-corrected chi connectivity index (χ4v) is 3.60. The van der Waals surface area contributed by atoms with Crippen LogP contribution in [0.5, 0.6) is 5.75 Å². The molecule has 0 spiro atoms. The van der Waals surface area contributed by atoms with Crippen LogP contribution in [0.1, 0.15) is 5.56 Å². The van der Waals surface area contributed by atoms with Crippen LogP contribution in [0.4, 0.5) is 5.69 Å². The number of carbonyl (C=O) groups is 1. The number of ether oxygens (including phenoxy) is 1. The standard InChI is InChI=1S/C22H29N3O3/c1-28-16-15-25(17-19-7-3-2-4-8-19)22(27)18-23-11-13-24(14-12-23)20-9-5-6-10-21(20)26/h2-10,26H,11-18H2,1H3/p+1. The second kappa shape index (κ2) is 10.1. The lowest BCUT2D eigenvalue weighted by atomic mass is 10.2. The molecule has 0 unspecified atom stereocenters. The van der Waals surface area contributed by atoms with Gasteiger partial charge in [-0.25, -0.2) is 0 Å². The molecule has 2 aromatic rings. The zero-order chi connectivity index (χ0) is 19.8. The average molecular weight is 385 g/mol. The molecule has 0 bridgehead atoms. The molecule has 1 heterocycles. The van der Waals surface area contributed by atoms with Crippen molar-refractivity contribution in [3.05, 3.63) is 60.2 Å². The van der Waals surface area contributed by atoms with E-state index < -0.39 is 0 Å². The van der Waals surface area contributed by atoms with Gasteiger partial charge >= 0.3 is 0 Å². The van der Waals surface area contributed by atoms with Gasteiger partial charge in [0.1, 0.15) is 5.75 Å². The predicted molar refractivity (Wildman–Crippen MR) is 110 cm³/mol. The molecule has 28 heavy (non-hydrogen) atoms. The van der Waals surface area contributed by atoms with Gasteiger partial charge in [-0.15, -0.1) is 0 Å². The number of phenolic OH excluding ortho intramolecular Hbond substituents is 1. The van der Waals surface area contributed by atoms with Gasteiger partial charge in [-0.2, -0.15) is 0 Å². The minimum absolute atomic E-state index is 0.159. The Morgan fingerprint density at radius 3 is 2.46 bits per heavy atom. The third kappa shape index (κ3) is 5.47. The molecular weight excluding hydrogens is 354 g/mol. The van der Waals surface area contributed by atoms with E-state index in [0.29, 0.717) is 32.0 Å². The Labute approximate surface area is 166 Å². The lowest BCUT2D eigenvalue weighted by Gasteiger charge is -2.34. The number of aromatic hydroxyl groups is 1. The zero-order valence-corrected chi connectivity index (χ0v) is 16.5. The first-order valence-electron chi connectivity index (χ1n) is 9.84. The van der Waals surface area contributed by atoms with E-state index >= 15 is 0 Å². The lowest BCUT2D eigenvalue weighted by molar-refractivity contribution is -0.892. The SMILES string of the molecule is COCCN(Cc1ccccc1)C(=O)C[NH+]1CCN(c2ccccc2O)CC1. The maximum Gasteiger partial charge on any atom is 0.278 e. The van der Waals surface area contributed by atoms with E-state index in [1.807, 2.05) is 53.4 Å². The molecule has 0 radical (unpaired) electrons. The number of methoxy groups -OCH3 is 1. The van der Waals surface area contributed by atoms with E-state index in [-0.39, 0.29) is 5.91 Å². The first-order valence-corrected chi connectivity index (χ1v) is 9.84. The van der Waals surface area contributed by atoms with Crippen molar-refractivity contribution in [2.45, 2.75) is 6.54 Å². The Morgan fingerprint density at radius 1 is 1.11 bits per heavy atom. The van der Waals surface area contributed by atoms with Gasteiger partial charge in [0.2, 0.25) is 0 Å². The highest BCUT2D eigenvalue weighted by Crippen LogP contribution is 2.25. The fraction of sp³-hybridized carbons (Fsp3) is 0.409. The Kier molecular flexibility index (Phi) is 7.28. The number of carbonyl (C=O) groups excluding carboxylic acids is 1.